The fourth-order valence-corrected chi connectivity index (χ4v) is 2.70. The van der Waals surface area contributed by atoms with Gasteiger partial charge >= 0.3 is 5.97 Å². The summed E-state index contributed by atoms with van der Waals surface area (Å²) in [6, 6.07) is 8.11. The monoisotopic (exact) mass is 431 g/mol. The van der Waals surface area contributed by atoms with Crippen molar-refractivity contribution in [1.29, 1.82) is 0 Å². The fraction of sp³-hybridized carbons (Fsp3) is 0.250. The summed E-state index contributed by atoms with van der Waals surface area (Å²) in [6.07, 6.45) is 5.05. The van der Waals surface area contributed by atoms with E-state index < -0.39 is 17.4 Å². The average Bonchev–Trinajstić information content (AvgIpc) is 3.03. The van der Waals surface area contributed by atoms with Crippen molar-refractivity contribution in [3.8, 4) is 11.1 Å². The predicted octanol–water partition coefficient (Wildman–Crippen LogP) is 4.85. The van der Waals surface area contributed by atoms with Crippen LogP contribution < -0.4 is 0 Å². The standard InChI is InChI=1S/C20H19BrFN3O2/c1-20(2,3)27-19(26)13-4-7-17(18(22)8-13)14-9-24-25(11-14)12-16-6-5-15(21)10-23-16/h4-11H,12H2,1-3H3. The van der Waals surface area contributed by atoms with Crippen LogP contribution in [0.25, 0.3) is 11.1 Å². The Kier molecular flexibility index (Phi) is 5.41. The van der Waals surface area contributed by atoms with Gasteiger partial charge in [0.25, 0.3) is 0 Å². The van der Waals surface area contributed by atoms with Crippen LogP contribution in [0.2, 0.25) is 0 Å². The highest BCUT2D eigenvalue weighted by Gasteiger charge is 2.19. The number of aromatic nitrogens is 3. The lowest BCUT2D eigenvalue weighted by Gasteiger charge is -2.19. The lowest BCUT2D eigenvalue weighted by Crippen LogP contribution is -2.23. The minimum Gasteiger partial charge on any atom is -0.456 e. The first kappa shape index (κ1) is 19.2. The van der Waals surface area contributed by atoms with Gasteiger partial charge in [0, 0.05) is 28.0 Å². The maximum absolute atomic E-state index is 14.5. The van der Waals surface area contributed by atoms with E-state index in [-0.39, 0.29) is 5.56 Å². The summed E-state index contributed by atoms with van der Waals surface area (Å²) in [6.45, 7) is 5.78. The van der Waals surface area contributed by atoms with E-state index in [4.69, 9.17) is 4.74 Å². The number of nitrogens with zero attached hydrogens (tertiary/aromatic N) is 3. The smallest absolute Gasteiger partial charge is 0.338 e. The lowest BCUT2D eigenvalue weighted by molar-refractivity contribution is 0.00690. The van der Waals surface area contributed by atoms with Gasteiger partial charge in [-0.25, -0.2) is 9.18 Å². The molecule has 0 aliphatic carbocycles. The molecule has 0 spiro atoms. The molecule has 0 aliphatic rings. The molecule has 0 bridgehead atoms. The molecule has 0 amide bonds. The molecule has 5 nitrogen and oxygen atoms in total. The minimum absolute atomic E-state index is 0.178. The van der Waals surface area contributed by atoms with E-state index in [1.54, 1.807) is 56.2 Å². The highest BCUT2D eigenvalue weighted by Crippen LogP contribution is 2.24. The van der Waals surface area contributed by atoms with Crippen LogP contribution in [0.3, 0.4) is 0 Å². The van der Waals surface area contributed by atoms with Gasteiger partial charge in [-0.1, -0.05) is 6.07 Å². The maximum atomic E-state index is 14.5. The summed E-state index contributed by atoms with van der Waals surface area (Å²) in [5.74, 6) is -1.05. The van der Waals surface area contributed by atoms with Gasteiger partial charge < -0.3 is 4.74 Å². The topological polar surface area (TPSA) is 57.0 Å². The summed E-state index contributed by atoms with van der Waals surface area (Å²) >= 11 is 3.35. The largest absolute Gasteiger partial charge is 0.456 e. The van der Waals surface area contributed by atoms with Crippen LogP contribution in [-0.2, 0) is 11.3 Å². The number of pyridine rings is 1. The second-order valence-corrected chi connectivity index (χ2v) is 8.01. The molecule has 7 heteroatoms. The van der Waals surface area contributed by atoms with Gasteiger partial charge in [0.05, 0.1) is 24.0 Å². The van der Waals surface area contributed by atoms with Crippen LogP contribution in [0.5, 0.6) is 0 Å². The Morgan fingerprint density at radius 1 is 1.22 bits per heavy atom. The SMILES string of the molecule is CC(C)(C)OC(=O)c1ccc(-c2cnn(Cc3ccc(Br)cn3)c2)c(F)c1. The highest BCUT2D eigenvalue weighted by atomic mass is 79.9. The molecule has 3 aromatic rings. The van der Waals surface area contributed by atoms with E-state index in [0.717, 1.165) is 10.2 Å². The van der Waals surface area contributed by atoms with Crippen LogP contribution in [0.1, 0.15) is 36.8 Å². The number of rotatable bonds is 4. The molecule has 3 rings (SSSR count). The van der Waals surface area contributed by atoms with Gasteiger partial charge in [-0.3, -0.25) is 9.67 Å². The first-order valence-corrected chi connectivity index (χ1v) is 9.17. The third-order valence-electron chi connectivity index (χ3n) is 3.66. The third-order valence-corrected chi connectivity index (χ3v) is 4.13. The average molecular weight is 432 g/mol. The molecule has 2 aromatic heterocycles. The Balaban J connectivity index is 1.78. The first-order chi connectivity index (χ1) is 12.7. The summed E-state index contributed by atoms with van der Waals surface area (Å²) < 4.78 is 22.4. The molecule has 27 heavy (non-hydrogen) atoms. The number of esters is 1. The summed E-state index contributed by atoms with van der Waals surface area (Å²) in [5, 5.41) is 4.26. The first-order valence-electron chi connectivity index (χ1n) is 8.37. The summed E-state index contributed by atoms with van der Waals surface area (Å²) in [5.41, 5.74) is 1.39. The number of carbonyl (C=O) groups excluding carboxylic acids is 1. The quantitative estimate of drug-likeness (QED) is 0.553. The number of halogens is 2. The maximum Gasteiger partial charge on any atom is 0.338 e. The van der Waals surface area contributed by atoms with Gasteiger partial charge in [0.1, 0.15) is 11.4 Å². The summed E-state index contributed by atoms with van der Waals surface area (Å²) in [7, 11) is 0. The molecule has 0 unspecified atom stereocenters. The second kappa shape index (κ2) is 7.60. The van der Waals surface area contributed by atoms with E-state index >= 15 is 0 Å². The number of hydrogen-bond acceptors (Lipinski definition) is 4. The van der Waals surface area contributed by atoms with Crippen molar-refractivity contribution in [1.82, 2.24) is 14.8 Å². The zero-order chi connectivity index (χ0) is 19.6. The number of benzene rings is 1. The molecule has 1 aromatic carbocycles. The van der Waals surface area contributed by atoms with Crippen molar-refractivity contribution in [2.75, 3.05) is 0 Å². The van der Waals surface area contributed by atoms with Crippen molar-refractivity contribution < 1.29 is 13.9 Å². The van der Waals surface area contributed by atoms with Gasteiger partial charge in [-0.2, -0.15) is 5.10 Å². The van der Waals surface area contributed by atoms with Crippen LogP contribution in [0.15, 0.2) is 53.4 Å². The fourth-order valence-electron chi connectivity index (χ4n) is 2.47. The van der Waals surface area contributed by atoms with E-state index in [2.05, 4.69) is 26.0 Å². The molecule has 0 atom stereocenters. The molecule has 2 heterocycles. The lowest BCUT2D eigenvalue weighted by atomic mass is 10.1. The minimum atomic E-state index is -0.631. The van der Waals surface area contributed by atoms with Crippen molar-refractivity contribution in [2.24, 2.45) is 0 Å². The summed E-state index contributed by atoms with van der Waals surface area (Å²) in [4.78, 5) is 16.4. The number of hydrogen-bond donors (Lipinski definition) is 0. The number of carbonyl (C=O) groups is 1. The van der Waals surface area contributed by atoms with E-state index in [9.17, 15) is 9.18 Å². The normalized spacial score (nSPS) is 11.4. The molecule has 0 saturated carbocycles. The Morgan fingerprint density at radius 3 is 2.63 bits per heavy atom. The zero-order valence-electron chi connectivity index (χ0n) is 15.2. The Hall–Kier alpha value is -2.54. The predicted molar refractivity (Wildman–Crippen MR) is 104 cm³/mol. The third kappa shape index (κ3) is 5.01. The van der Waals surface area contributed by atoms with Gasteiger partial charge in [-0.15, -0.1) is 0 Å². The van der Waals surface area contributed by atoms with E-state index in [0.29, 0.717) is 17.7 Å². The van der Waals surface area contributed by atoms with Gasteiger partial charge in [0.2, 0.25) is 0 Å². The molecular formula is C20H19BrFN3O2. The molecule has 0 aliphatic heterocycles. The molecule has 0 saturated heterocycles. The molecule has 0 N–H and O–H groups in total. The van der Waals surface area contributed by atoms with E-state index in [1.165, 1.54) is 6.07 Å². The Bertz CT molecular complexity index is 962. The molecular weight excluding hydrogens is 413 g/mol. The Morgan fingerprint density at radius 2 is 2.00 bits per heavy atom. The number of ether oxygens (including phenoxy) is 1. The van der Waals surface area contributed by atoms with Crippen LogP contribution in [-0.4, -0.2) is 26.3 Å². The van der Waals surface area contributed by atoms with Gasteiger partial charge in [-0.05, 0) is 61.0 Å². The zero-order valence-corrected chi connectivity index (χ0v) is 16.8. The van der Waals surface area contributed by atoms with Gasteiger partial charge in [0.15, 0.2) is 0 Å². The van der Waals surface area contributed by atoms with Crippen LogP contribution in [0, 0.1) is 5.82 Å². The second-order valence-electron chi connectivity index (χ2n) is 7.09. The molecule has 0 radical (unpaired) electrons. The van der Waals surface area contributed by atoms with E-state index in [1.807, 2.05) is 12.1 Å². The molecule has 140 valence electrons. The molecule has 0 fully saturated rings. The van der Waals surface area contributed by atoms with Crippen molar-refractivity contribution >= 4 is 21.9 Å². The van der Waals surface area contributed by atoms with Crippen molar-refractivity contribution in [2.45, 2.75) is 32.9 Å². The Labute approximate surface area is 165 Å². The highest BCUT2D eigenvalue weighted by molar-refractivity contribution is 9.10. The van der Waals surface area contributed by atoms with Crippen LogP contribution >= 0.6 is 15.9 Å². The van der Waals surface area contributed by atoms with Crippen molar-refractivity contribution in [3.05, 3.63) is 70.5 Å². The van der Waals surface area contributed by atoms with Crippen molar-refractivity contribution in [3.63, 3.8) is 0 Å². The van der Waals surface area contributed by atoms with Crippen LogP contribution in [0.4, 0.5) is 4.39 Å².